The first-order chi connectivity index (χ1) is 7.79. The zero-order valence-corrected chi connectivity index (χ0v) is 10.7. The Balaban J connectivity index is 2.32. The highest BCUT2D eigenvalue weighted by Gasteiger charge is 1.99. The van der Waals surface area contributed by atoms with Crippen molar-refractivity contribution in [2.24, 2.45) is 0 Å². The molecule has 1 heterocycles. The molecule has 1 aromatic carbocycles. The lowest BCUT2D eigenvalue weighted by Crippen LogP contribution is -2.05. The lowest BCUT2D eigenvalue weighted by Gasteiger charge is -2.04. The Hall–Kier alpha value is -1.19. The summed E-state index contributed by atoms with van der Waals surface area (Å²) in [5, 5.41) is 3.12. The Labute approximate surface area is 104 Å². The van der Waals surface area contributed by atoms with Gasteiger partial charge in [-0.05, 0) is 36.4 Å². The van der Waals surface area contributed by atoms with Crippen molar-refractivity contribution in [1.82, 2.24) is 10.3 Å². The molecule has 0 unspecified atom stereocenters. The van der Waals surface area contributed by atoms with Crippen molar-refractivity contribution in [1.29, 1.82) is 0 Å². The molecular weight excluding hydrogens is 264 g/mol. The Bertz CT molecular complexity index is 466. The largest absolute Gasteiger partial charge is 0.316 e. The van der Waals surface area contributed by atoms with Crippen LogP contribution >= 0.6 is 15.9 Å². The van der Waals surface area contributed by atoms with Crippen LogP contribution in [0.15, 0.2) is 47.2 Å². The van der Waals surface area contributed by atoms with Crippen LogP contribution in [0, 0.1) is 0 Å². The van der Waals surface area contributed by atoms with Crippen LogP contribution in [0.5, 0.6) is 0 Å². The van der Waals surface area contributed by atoms with Gasteiger partial charge < -0.3 is 5.32 Å². The fourth-order valence-corrected chi connectivity index (χ4v) is 1.85. The summed E-state index contributed by atoms with van der Waals surface area (Å²) < 4.78 is 1.09. The molecule has 1 aromatic heterocycles. The molecule has 16 heavy (non-hydrogen) atoms. The summed E-state index contributed by atoms with van der Waals surface area (Å²) in [6.45, 7) is 0.845. The number of benzene rings is 1. The molecule has 2 aromatic rings. The molecule has 1 N–H and O–H groups in total. The fourth-order valence-electron chi connectivity index (χ4n) is 1.59. The van der Waals surface area contributed by atoms with Crippen molar-refractivity contribution in [3.63, 3.8) is 0 Å². The predicted octanol–water partition coefficient (Wildman–Crippen LogP) is 3.23. The van der Waals surface area contributed by atoms with Gasteiger partial charge in [0.1, 0.15) is 0 Å². The fraction of sp³-hybridized carbons (Fsp3) is 0.154. The van der Waals surface area contributed by atoms with E-state index in [4.69, 9.17) is 0 Å². The van der Waals surface area contributed by atoms with Gasteiger partial charge in [-0.15, -0.1) is 0 Å². The van der Waals surface area contributed by atoms with Gasteiger partial charge in [0.25, 0.3) is 0 Å². The van der Waals surface area contributed by atoms with E-state index in [0.717, 1.165) is 16.6 Å². The van der Waals surface area contributed by atoms with Crippen molar-refractivity contribution in [3.8, 4) is 11.1 Å². The predicted molar refractivity (Wildman–Crippen MR) is 70.1 cm³/mol. The monoisotopic (exact) mass is 276 g/mol. The zero-order valence-electron chi connectivity index (χ0n) is 9.07. The van der Waals surface area contributed by atoms with Crippen LogP contribution in [-0.4, -0.2) is 12.0 Å². The van der Waals surface area contributed by atoms with Crippen LogP contribution in [0.4, 0.5) is 0 Å². The molecule has 0 radical (unpaired) electrons. The Morgan fingerprint density at radius 2 is 1.88 bits per heavy atom. The maximum absolute atomic E-state index is 4.25. The van der Waals surface area contributed by atoms with Gasteiger partial charge in [-0.25, -0.2) is 0 Å². The molecular formula is C13H13BrN2. The van der Waals surface area contributed by atoms with Gasteiger partial charge in [-0.2, -0.15) is 0 Å². The van der Waals surface area contributed by atoms with E-state index in [-0.39, 0.29) is 0 Å². The molecule has 3 heteroatoms. The maximum Gasteiger partial charge on any atom is 0.0346 e. The number of pyridine rings is 1. The van der Waals surface area contributed by atoms with Crippen LogP contribution in [0.3, 0.4) is 0 Å². The number of hydrogen-bond donors (Lipinski definition) is 1. The first-order valence-corrected chi connectivity index (χ1v) is 5.93. The van der Waals surface area contributed by atoms with E-state index in [1.165, 1.54) is 11.1 Å². The van der Waals surface area contributed by atoms with Crippen molar-refractivity contribution in [2.45, 2.75) is 6.54 Å². The summed E-state index contributed by atoms with van der Waals surface area (Å²) in [5.74, 6) is 0. The third kappa shape index (κ3) is 2.68. The quantitative estimate of drug-likeness (QED) is 0.931. The first kappa shape index (κ1) is 11.3. The van der Waals surface area contributed by atoms with Crippen LogP contribution in [0.2, 0.25) is 0 Å². The molecule has 0 fully saturated rings. The highest BCUT2D eigenvalue weighted by molar-refractivity contribution is 9.10. The molecule has 0 spiro atoms. The van der Waals surface area contributed by atoms with Crippen LogP contribution in [-0.2, 0) is 6.54 Å². The molecule has 82 valence electrons. The molecule has 0 saturated carbocycles. The highest BCUT2D eigenvalue weighted by atomic mass is 79.9. The molecule has 0 aliphatic carbocycles. The Morgan fingerprint density at radius 3 is 2.56 bits per heavy atom. The average Bonchev–Trinajstić information content (AvgIpc) is 2.31. The zero-order chi connectivity index (χ0) is 11.4. The van der Waals surface area contributed by atoms with Gasteiger partial charge in [0.2, 0.25) is 0 Å². The number of hydrogen-bond acceptors (Lipinski definition) is 2. The molecule has 0 bridgehead atoms. The lowest BCUT2D eigenvalue weighted by atomic mass is 10.1. The number of nitrogens with zero attached hydrogens (tertiary/aromatic N) is 1. The normalized spacial score (nSPS) is 10.4. The third-order valence-electron chi connectivity index (χ3n) is 2.35. The molecule has 0 atom stereocenters. The molecule has 0 saturated heterocycles. The van der Waals surface area contributed by atoms with Gasteiger partial charge >= 0.3 is 0 Å². The minimum absolute atomic E-state index is 0.845. The summed E-state index contributed by atoms with van der Waals surface area (Å²) >= 11 is 3.43. The van der Waals surface area contributed by atoms with Crippen molar-refractivity contribution in [2.75, 3.05) is 7.05 Å². The lowest BCUT2D eigenvalue weighted by molar-refractivity contribution is 0.813. The second-order valence-electron chi connectivity index (χ2n) is 3.62. The SMILES string of the molecule is CNCc1cncc(-c2ccc(Br)cc2)c1. The van der Waals surface area contributed by atoms with E-state index in [9.17, 15) is 0 Å². The minimum Gasteiger partial charge on any atom is -0.316 e. The number of rotatable bonds is 3. The summed E-state index contributed by atoms with van der Waals surface area (Å²) in [5.41, 5.74) is 3.54. The third-order valence-corrected chi connectivity index (χ3v) is 2.88. The van der Waals surface area contributed by atoms with Gasteiger partial charge in [0.15, 0.2) is 0 Å². The average molecular weight is 277 g/mol. The molecule has 0 amide bonds. The Morgan fingerprint density at radius 1 is 1.12 bits per heavy atom. The van der Waals surface area contributed by atoms with Gasteiger partial charge in [0.05, 0.1) is 0 Å². The van der Waals surface area contributed by atoms with Gasteiger partial charge in [-0.3, -0.25) is 4.98 Å². The first-order valence-electron chi connectivity index (χ1n) is 5.14. The number of halogens is 1. The van der Waals surface area contributed by atoms with Crippen LogP contribution < -0.4 is 5.32 Å². The van der Waals surface area contributed by atoms with E-state index in [1.807, 2.05) is 31.6 Å². The van der Waals surface area contributed by atoms with Crippen LogP contribution in [0.1, 0.15) is 5.56 Å². The maximum atomic E-state index is 4.25. The van der Waals surface area contributed by atoms with Gasteiger partial charge in [0, 0.05) is 29.0 Å². The molecule has 0 aliphatic heterocycles. The van der Waals surface area contributed by atoms with Crippen molar-refractivity contribution in [3.05, 3.63) is 52.8 Å². The summed E-state index contributed by atoms with van der Waals surface area (Å²) in [6.07, 6.45) is 3.78. The second-order valence-corrected chi connectivity index (χ2v) is 4.53. The van der Waals surface area contributed by atoms with E-state index in [2.05, 4.69) is 44.4 Å². The topological polar surface area (TPSA) is 24.9 Å². The van der Waals surface area contributed by atoms with E-state index in [1.54, 1.807) is 0 Å². The number of nitrogens with one attached hydrogen (secondary N) is 1. The minimum atomic E-state index is 0.845. The van der Waals surface area contributed by atoms with Crippen LogP contribution in [0.25, 0.3) is 11.1 Å². The van der Waals surface area contributed by atoms with E-state index >= 15 is 0 Å². The van der Waals surface area contributed by atoms with Crippen molar-refractivity contribution >= 4 is 15.9 Å². The second kappa shape index (κ2) is 5.23. The van der Waals surface area contributed by atoms with E-state index < -0.39 is 0 Å². The smallest absolute Gasteiger partial charge is 0.0346 e. The van der Waals surface area contributed by atoms with E-state index in [0.29, 0.717) is 0 Å². The molecule has 2 nitrogen and oxygen atoms in total. The highest BCUT2D eigenvalue weighted by Crippen LogP contribution is 2.21. The molecule has 2 rings (SSSR count). The Kier molecular flexibility index (Phi) is 3.70. The summed E-state index contributed by atoms with van der Waals surface area (Å²) in [6, 6.07) is 10.4. The summed E-state index contributed by atoms with van der Waals surface area (Å²) in [7, 11) is 1.94. The standard InChI is InChI=1S/C13H13BrN2/c1-15-7-10-6-12(9-16-8-10)11-2-4-13(14)5-3-11/h2-6,8-9,15H,7H2,1H3. The number of aromatic nitrogens is 1. The molecule has 0 aliphatic rings. The summed E-state index contributed by atoms with van der Waals surface area (Å²) in [4.78, 5) is 4.25. The van der Waals surface area contributed by atoms with Gasteiger partial charge in [-0.1, -0.05) is 28.1 Å². The van der Waals surface area contributed by atoms with Crippen molar-refractivity contribution < 1.29 is 0 Å².